The minimum atomic E-state index is -0.832. The summed E-state index contributed by atoms with van der Waals surface area (Å²) in [6, 6.07) is 0. The second kappa shape index (κ2) is 6.51. The largest absolute Gasteiger partial charge is 0.481 e. The molecule has 1 atom stereocenters. The number of nitrogens with one attached hydrogen (secondary N) is 1. The lowest BCUT2D eigenvalue weighted by Crippen LogP contribution is -2.43. The molecule has 0 bridgehead atoms. The monoisotopic (exact) mass is 229 g/mol. The van der Waals surface area contributed by atoms with E-state index in [-0.39, 0.29) is 18.4 Å². The Balaban J connectivity index is 4.44. The minimum absolute atomic E-state index is 0.0554. The van der Waals surface area contributed by atoms with E-state index in [9.17, 15) is 14.7 Å². The van der Waals surface area contributed by atoms with Gasteiger partial charge in [0.25, 0.3) is 0 Å². The first-order valence-corrected chi connectivity index (χ1v) is 5.94. The molecule has 0 aliphatic rings. The number of amides is 1. The highest BCUT2D eigenvalue weighted by Crippen LogP contribution is 2.25. The molecule has 0 rings (SSSR count). The zero-order chi connectivity index (χ0) is 12.8. The molecular weight excluding hydrogens is 206 g/mol. The molecule has 1 unspecified atom stereocenters. The Morgan fingerprint density at radius 1 is 1.25 bits per heavy atom. The molecule has 0 radical (unpaired) electrons. The van der Waals surface area contributed by atoms with Crippen LogP contribution in [0, 0.1) is 11.3 Å². The van der Waals surface area contributed by atoms with Crippen LogP contribution < -0.4 is 5.32 Å². The van der Waals surface area contributed by atoms with Gasteiger partial charge in [-0.25, -0.2) is 0 Å². The molecule has 0 saturated carbocycles. The summed E-state index contributed by atoms with van der Waals surface area (Å²) in [6.07, 6.45) is 1.82. The lowest BCUT2D eigenvalue weighted by molar-refractivity contribution is -0.149. The zero-order valence-corrected chi connectivity index (χ0v) is 10.7. The lowest BCUT2D eigenvalue weighted by Gasteiger charge is -2.27. The van der Waals surface area contributed by atoms with Crippen molar-refractivity contribution in [2.75, 3.05) is 6.54 Å². The summed E-state index contributed by atoms with van der Waals surface area (Å²) >= 11 is 0. The van der Waals surface area contributed by atoms with E-state index in [0.29, 0.717) is 12.8 Å². The van der Waals surface area contributed by atoms with Crippen molar-refractivity contribution < 1.29 is 14.7 Å². The normalized spacial score (nSPS) is 13.2. The number of rotatable bonds is 7. The molecule has 16 heavy (non-hydrogen) atoms. The van der Waals surface area contributed by atoms with E-state index in [1.807, 2.05) is 27.7 Å². The molecule has 0 heterocycles. The highest BCUT2D eigenvalue weighted by atomic mass is 16.4. The standard InChI is InChI=1S/C12H23NO3/c1-5-9(4)10(14)13-8-12(6-2,7-3)11(15)16/h9H,5-8H2,1-4H3,(H,13,14)(H,15,16). The van der Waals surface area contributed by atoms with Crippen LogP contribution in [0.4, 0.5) is 0 Å². The number of carboxylic acids is 1. The van der Waals surface area contributed by atoms with Crippen molar-refractivity contribution in [2.24, 2.45) is 11.3 Å². The second-order valence-electron chi connectivity index (χ2n) is 4.32. The summed E-state index contributed by atoms with van der Waals surface area (Å²) < 4.78 is 0. The van der Waals surface area contributed by atoms with E-state index in [0.717, 1.165) is 6.42 Å². The van der Waals surface area contributed by atoms with Crippen LogP contribution >= 0.6 is 0 Å². The summed E-state index contributed by atoms with van der Waals surface area (Å²) in [4.78, 5) is 22.8. The number of carbonyl (C=O) groups excluding carboxylic acids is 1. The highest BCUT2D eigenvalue weighted by molar-refractivity contribution is 5.80. The van der Waals surface area contributed by atoms with Crippen LogP contribution in [0.15, 0.2) is 0 Å². The highest BCUT2D eigenvalue weighted by Gasteiger charge is 2.35. The van der Waals surface area contributed by atoms with E-state index < -0.39 is 11.4 Å². The molecule has 1 amide bonds. The summed E-state index contributed by atoms with van der Waals surface area (Å²) in [5.41, 5.74) is -0.816. The van der Waals surface area contributed by atoms with Crippen molar-refractivity contribution in [2.45, 2.75) is 47.0 Å². The summed E-state index contributed by atoms with van der Waals surface area (Å²) in [7, 11) is 0. The van der Waals surface area contributed by atoms with Gasteiger partial charge in [-0.05, 0) is 19.3 Å². The maximum atomic E-state index is 11.6. The van der Waals surface area contributed by atoms with Gasteiger partial charge in [0, 0.05) is 12.5 Å². The number of hydrogen-bond acceptors (Lipinski definition) is 2. The average molecular weight is 229 g/mol. The maximum absolute atomic E-state index is 11.6. The van der Waals surface area contributed by atoms with Crippen molar-refractivity contribution in [3.63, 3.8) is 0 Å². The van der Waals surface area contributed by atoms with Crippen molar-refractivity contribution >= 4 is 11.9 Å². The van der Waals surface area contributed by atoms with Crippen molar-refractivity contribution in [3.8, 4) is 0 Å². The third-order valence-electron chi connectivity index (χ3n) is 3.47. The van der Waals surface area contributed by atoms with E-state index in [1.54, 1.807) is 0 Å². The number of aliphatic carboxylic acids is 1. The van der Waals surface area contributed by atoms with Crippen LogP contribution in [0.25, 0.3) is 0 Å². The Morgan fingerprint density at radius 3 is 2.06 bits per heavy atom. The van der Waals surface area contributed by atoms with Gasteiger partial charge in [-0.2, -0.15) is 0 Å². The van der Waals surface area contributed by atoms with Crippen molar-refractivity contribution in [3.05, 3.63) is 0 Å². The van der Waals surface area contributed by atoms with Crippen LogP contribution in [0.5, 0.6) is 0 Å². The van der Waals surface area contributed by atoms with Crippen LogP contribution in [0.3, 0.4) is 0 Å². The van der Waals surface area contributed by atoms with Crippen LogP contribution in [-0.4, -0.2) is 23.5 Å². The fourth-order valence-electron chi connectivity index (χ4n) is 1.49. The number of carbonyl (C=O) groups is 2. The number of hydrogen-bond donors (Lipinski definition) is 2. The summed E-state index contributed by atoms with van der Waals surface area (Å²) in [5, 5.41) is 11.9. The van der Waals surface area contributed by atoms with E-state index in [4.69, 9.17) is 0 Å². The van der Waals surface area contributed by atoms with Crippen LogP contribution in [0.2, 0.25) is 0 Å². The first-order chi connectivity index (χ1) is 7.43. The number of carboxylic acid groups (broad SMARTS) is 1. The van der Waals surface area contributed by atoms with Gasteiger partial charge in [-0.3, -0.25) is 9.59 Å². The van der Waals surface area contributed by atoms with Gasteiger partial charge < -0.3 is 10.4 Å². The van der Waals surface area contributed by atoms with Gasteiger partial charge in [0.15, 0.2) is 0 Å². The second-order valence-corrected chi connectivity index (χ2v) is 4.32. The van der Waals surface area contributed by atoms with Crippen LogP contribution in [0.1, 0.15) is 47.0 Å². The fraction of sp³-hybridized carbons (Fsp3) is 0.833. The molecule has 94 valence electrons. The van der Waals surface area contributed by atoms with Crippen molar-refractivity contribution in [1.82, 2.24) is 5.32 Å². The molecule has 4 heteroatoms. The molecule has 0 aromatic carbocycles. The molecule has 0 fully saturated rings. The molecule has 0 aromatic rings. The van der Waals surface area contributed by atoms with Gasteiger partial charge in [0.2, 0.25) is 5.91 Å². The Labute approximate surface area is 97.4 Å². The molecule has 2 N–H and O–H groups in total. The third-order valence-corrected chi connectivity index (χ3v) is 3.47. The van der Waals surface area contributed by atoms with E-state index >= 15 is 0 Å². The Bertz CT molecular complexity index is 247. The quantitative estimate of drug-likeness (QED) is 0.702. The van der Waals surface area contributed by atoms with Gasteiger partial charge in [0.05, 0.1) is 5.41 Å². The average Bonchev–Trinajstić information content (AvgIpc) is 2.29. The van der Waals surface area contributed by atoms with E-state index in [1.165, 1.54) is 0 Å². The van der Waals surface area contributed by atoms with E-state index in [2.05, 4.69) is 5.32 Å². The predicted octanol–water partition coefficient (Wildman–Crippen LogP) is 2.04. The first kappa shape index (κ1) is 14.9. The Hall–Kier alpha value is -1.06. The van der Waals surface area contributed by atoms with Gasteiger partial charge in [0.1, 0.15) is 0 Å². The van der Waals surface area contributed by atoms with Gasteiger partial charge in [-0.1, -0.05) is 27.7 Å². The smallest absolute Gasteiger partial charge is 0.311 e. The minimum Gasteiger partial charge on any atom is -0.481 e. The zero-order valence-electron chi connectivity index (χ0n) is 10.7. The van der Waals surface area contributed by atoms with Crippen molar-refractivity contribution in [1.29, 1.82) is 0 Å². The summed E-state index contributed by atoms with van der Waals surface area (Å²) in [5.74, 6) is -0.947. The maximum Gasteiger partial charge on any atom is 0.311 e. The lowest BCUT2D eigenvalue weighted by atomic mass is 9.82. The van der Waals surface area contributed by atoms with Gasteiger partial charge in [-0.15, -0.1) is 0 Å². The Kier molecular flexibility index (Phi) is 6.08. The molecule has 4 nitrogen and oxygen atoms in total. The molecule has 0 aliphatic carbocycles. The SMILES string of the molecule is CCC(C)C(=O)NCC(CC)(CC)C(=O)O. The first-order valence-electron chi connectivity index (χ1n) is 5.94. The summed E-state index contributed by atoms with van der Waals surface area (Å²) in [6.45, 7) is 7.68. The topological polar surface area (TPSA) is 66.4 Å². The molecule has 0 aliphatic heterocycles. The predicted molar refractivity (Wildman–Crippen MR) is 63.1 cm³/mol. The third kappa shape index (κ3) is 3.51. The molecule has 0 spiro atoms. The molecule has 0 saturated heterocycles. The molecular formula is C12H23NO3. The van der Waals surface area contributed by atoms with Crippen LogP contribution in [-0.2, 0) is 9.59 Å². The fourth-order valence-corrected chi connectivity index (χ4v) is 1.49. The Morgan fingerprint density at radius 2 is 1.75 bits per heavy atom. The molecule has 0 aromatic heterocycles. The van der Waals surface area contributed by atoms with Gasteiger partial charge >= 0.3 is 5.97 Å².